The van der Waals surface area contributed by atoms with Crippen LogP contribution >= 0.6 is 0 Å². The van der Waals surface area contributed by atoms with E-state index >= 15 is 0 Å². The Labute approximate surface area is 144 Å². The summed E-state index contributed by atoms with van der Waals surface area (Å²) in [5.74, 6) is 0. The molecule has 6 heteroatoms. The monoisotopic (exact) mass is 334 g/mol. The van der Waals surface area contributed by atoms with Crippen molar-refractivity contribution >= 4 is 6.03 Å². The third-order valence-corrected chi connectivity index (χ3v) is 4.34. The van der Waals surface area contributed by atoms with E-state index in [1.165, 1.54) is 5.56 Å². The van der Waals surface area contributed by atoms with Crippen LogP contribution in [0.2, 0.25) is 0 Å². The van der Waals surface area contributed by atoms with E-state index in [2.05, 4.69) is 57.8 Å². The maximum absolute atomic E-state index is 11.6. The number of carbonyl (C=O) groups is 1. The number of amides is 2. The largest absolute Gasteiger partial charge is 0.392 e. The molecule has 2 amide bonds. The highest BCUT2D eigenvalue weighted by atomic mass is 16.3. The number of benzene rings is 1. The summed E-state index contributed by atoms with van der Waals surface area (Å²) < 4.78 is 0. The fourth-order valence-electron chi connectivity index (χ4n) is 3.00. The summed E-state index contributed by atoms with van der Waals surface area (Å²) in [5.41, 5.74) is 1.35. The first-order valence-corrected chi connectivity index (χ1v) is 8.73. The van der Waals surface area contributed by atoms with Crippen molar-refractivity contribution in [1.29, 1.82) is 0 Å². The number of piperazine rings is 1. The highest BCUT2D eigenvalue weighted by molar-refractivity contribution is 5.73. The van der Waals surface area contributed by atoms with Gasteiger partial charge in [-0.2, -0.15) is 0 Å². The molecule has 3 N–H and O–H groups in total. The van der Waals surface area contributed by atoms with E-state index in [1.807, 2.05) is 0 Å². The topological polar surface area (TPSA) is 67.8 Å². The van der Waals surface area contributed by atoms with Crippen molar-refractivity contribution in [2.24, 2.45) is 0 Å². The van der Waals surface area contributed by atoms with E-state index in [0.717, 1.165) is 32.6 Å². The van der Waals surface area contributed by atoms with Crippen LogP contribution in [0.15, 0.2) is 30.3 Å². The lowest BCUT2D eigenvalue weighted by Gasteiger charge is -2.40. The number of nitrogens with one attached hydrogen (secondary N) is 2. The summed E-state index contributed by atoms with van der Waals surface area (Å²) >= 11 is 0. The summed E-state index contributed by atoms with van der Waals surface area (Å²) in [4.78, 5) is 16.4. The van der Waals surface area contributed by atoms with Gasteiger partial charge in [-0.15, -0.1) is 0 Å². The number of aliphatic hydroxyl groups excluding tert-OH is 1. The van der Waals surface area contributed by atoms with Gasteiger partial charge in [-0.3, -0.25) is 4.90 Å². The van der Waals surface area contributed by atoms with Gasteiger partial charge in [0.05, 0.1) is 6.10 Å². The van der Waals surface area contributed by atoms with Crippen LogP contribution in [0.4, 0.5) is 4.79 Å². The van der Waals surface area contributed by atoms with Gasteiger partial charge in [0.15, 0.2) is 0 Å². The third-order valence-electron chi connectivity index (χ3n) is 4.34. The van der Waals surface area contributed by atoms with E-state index in [-0.39, 0.29) is 12.6 Å². The van der Waals surface area contributed by atoms with Crippen LogP contribution in [0.25, 0.3) is 0 Å². The van der Waals surface area contributed by atoms with Crippen molar-refractivity contribution in [3.05, 3.63) is 35.9 Å². The van der Waals surface area contributed by atoms with Gasteiger partial charge in [0, 0.05) is 45.3 Å². The molecule has 1 aromatic carbocycles. The second-order valence-corrected chi connectivity index (χ2v) is 6.56. The van der Waals surface area contributed by atoms with Crippen LogP contribution in [-0.2, 0) is 0 Å². The first kappa shape index (κ1) is 18.7. The smallest absolute Gasteiger partial charge is 0.314 e. The molecule has 1 fully saturated rings. The zero-order valence-corrected chi connectivity index (χ0v) is 14.7. The lowest BCUT2D eigenvalue weighted by atomic mass is 10.0. The van der Waals surface area contributed by atoms with Crippen molar-refractivity contribution in [2.45, 2.75) is 25.5 Å². The lowest BCUT2D eigenvalue weighted by Crippen LogP contribution is -2.47. The first-order valence-electron chi connectivity index (χ1n) is 8.73. The number of hydrogen-bond acceptors (Lipinski definition) is 4. The SMILES string of the molecule is C[C@@H](O)CNC(=O)NCCCN1CCN(C)C[C@@H]1c1ccccc1. The highest BCUT2D eigenvalue weighted by Gasteiger charge is 2.25. The second-order valence-electron chi connectivity index (χ2n) is 6.56. The van der Waals surface area contributed by atoms with Gasteiger partial charge >= 0.3 is 6.03 Å². The van der Waals surface area contributed by atoms with Gasteiger partial charge in [0.25, 0.3) is 0 Å². The summed E-state index contributed by atoms with van der Waals surface area (Å²) in [6.45, 7) is 6.68. The van der Waals surface area contributed by atoms with Crippen molar-refractivity contribution in [3.63, 3.8) is 0 Å². The van der Waals surface area contributed by atoms with Crippen LogP contribution in [-0.4, -0.2) is 73.4 Å². The Kier molecular flexibility index (Phi) is 7.49. The number of urea groups is 1. The van der Waals surface area contributed by atoms with E-state index in [1.54, 1.807) is 6.92 Å². The van der Waals surface area contributed by atoms with Crippen LogP contribution in [0.5, 0.6) is 0 Å². The predicted molar refractivity (Wildman–Crippen MR) is 96.0 cm³/mol. The Balaban J connectivity index is 1.76. The predicted octanol–water partition coefficient (Wildman–Crippen LogP) is 1.05. The molecule has 2 rings (SSSR count). The molecule has 24 heavy (non-hydrogen) atoms. The molecule has 134 valence electrons. The standard InChI is InChI=1S/C18H30N4O2/c1-15(23)13-20-18(24)19-9-6-10-22-12-11-21(2)14-17(22)16-7-4-3-5-8-16/h3-5,7-8,15,17,23H,6,9-14H2,1-2H3,(H2,19,20,24)/t15-,17-/m1/s1. The minimum Gasteiger partial charge on any atom is -0.392 e. The second kappa shape index (κ2) is 9.61. The molecule has 0 unspecified atom stereocenters. The fraction of sp³-hybridized carbons (Fsp3) is 0.611. The number of aliphatic hydroxyl groups is 1. The van der Waals surface area contributed by atoms with Gasteiger partial charge in [-0.25, -0.2) is 4.79 Å². The molecule has 1 aliphatic heterocycles. The van der Waals surface area contributed by atoms with Crippen molar-refractivity contribution < 1.29 is 9.90 Å². The van der Waals surface area contributed by atoms with Crippen molar-refractivity contribution in [2.75, 3.05) is 46.3 Å². The molecule has 0 saturated carbocycles. The Morgan fingerprint density at radius 3 is 2.75 bits per heavy atom. The summed E-state index contributed by atoms with van der Waals surface area (Å²) in [7, 11) is 2.17. The molecule has 0 bridgehead atoms. The molecule has 0 radical (unpaired) electrons. The van der Waals surface area contributed by atoms with Crippen LogP contribution in [0.3, 0.4) is 0 Å². The number of carbonyl (C=O) groups excluding carboxylic acids is 1. The molecule has 0 spiro atoms. The minimum atomic E-state index is -0.521. The molecule has 1 aliphatic rings. The minimum absolute atomic E-state index is 0.214. The van der Waals surface area contributed by atoms with Gasteiger partial charge in [0.2, 0.25) is 0 Å². The van der Waals surface area contributed by atoms with Crippen molar-refractivity contribution in [3.8, 4) is 0 Å². The third kappa shape index (κ3) is 6.11. The highest BCUT2D eigenvalue weighted by Crippen LogP contribution is 2.24. The zero-order chi connectivity index (χ0) is 17.4. The number of nitrogens with zero attached hydrogens (tertiary/aromatic N) is 2. The van der Waals surface area contributed by atoms with Gasteiger partial charge in [0.1, 0.15) is 0 Å². The normalized spacial score (nSPS) is 20.5. The van der Waals surface area contributed by atoms with E-state index in [9.17, 15) is 4.79 Å². The van der Waals surface area contributed by atoms with E-state index in [4.69, 9.17) is 5.11 Å². The quantitative estimate of drug-likeness (QED) is 0.652. The maximum Gasteiger partial charge on any atom is 0.314 e. The van der Waals surface area contributed by atoms with Crippen LogP contribution < -0.4 is 10.6 Å². The zero-order valence-electron chi connectivity index (χ0n) is 14.7. The van der Waals surface area contributed by atoms with Crippen LogP contribution in [0, 0.1) is 0 Å². The molecule has 1 heterocycles. The molecule has 6 nitrogen and oxygen atoms in total. The molecule has 2 atom stereocenters. The van der Waals surface area contributed by atoms with E-state index < -0.39 is 6.10 Å². The Hall–Kier alpha value is -1.63. The van der Waals surface area contributed by atoms with E-state index in [0.29, 0.717) is 12.6 Å². The number of rotatable bonds is 7. The Bertz CT molecular complexity index is 495. The molecule has 1 aromatic rings. The summed E-state index contributed by atoms with van der Waals surface area (Å²) in [5, 5.41) is 14.6. The number of likely N-dealkylation sites (N-methyl/N-ethyl adjacent to an activating group) is 1. The molecule has 1 saturated heterocycles. The lowest BCUT2D eigenvalue weighted by molar-refractivity contribution is 0.0889. The number of hydrogen-bond donors (Lipinski definition) is 3. The molecule has 0 aromatic heterocycles. The average molecular weight is 334 g/mol. The van der Waals surface area contributed by atoms with Crippen molar-refractivity contribution in [1.82, 2.24) is 20.4 Å². The Morgan fingerprint density at radius 1 is 1.29 bits per heavy atom. The molecular formula is C18H30N4O2. The van der Waals surface area contributed by atoms with Gasteiger partial charge < -0.3 is 20.6 Å². The Morgan fingerprint density at radius 2 is 2.04 bits per heavy atom. The van der Waals surface area contributed by atoms with Gasteiger partial charge in [-0.1, -0.05) is 30.3 Å². The first-order chi connectivity index (χ1) is 11.6. The summed E-state index contributed by atoms with van der Waals surface area (Å²) in [6, 6.07) is 10.8. The van der Waals surface area contributed by atoms with Gasteiger partial charge in [-0.05, 0) is 26.0 Å². The summed E-state index contributed by atoms with van der Waals surface area (Å²) in [6.07, 6.45) is 0.391. The maximum atomic E-state index is 11.6. The average Bonchev–Trinajstić information content (AvgIpc) is 2.58. The van der Waals surface area contributed by atoms with Crippen LogP contribution in [0.1, 0.15) is 24.9 Å². The fourth-order valence-corrected chi connectivity index (χ4v) is 3.00. The molecule has 0 aliphatic carbocycles. The molecular weight excluding hydrogens is 304 g/mol.